The van der Waals surface area contributed by atoms with Crippen molar-refractivity contribution in [3.8, 4) is 0 Å². The Labute approximate surface area is 164 Å². The number of benzene rings is 2. The molecule has 0 fully saturated rings. The Kier molecular flexibility index (Phi) is 7.01. The first-order valence-electron chi connectivity index (χ1n) is 6.94. The van der Waals surface area contributed by atoms with E-state index in [1.165, 1.54) is 18.2 Å². The second-order valence-corrected chi connectivity index (χ2v) is 6.64. The Morgan fingerprint density at radius 3 is 2.08 bits per heavy atom. The lowest BCUT2D eigenvalue weighted by molar-refractivity contribution is -0.121. The van der Waals surface area contributed by atoms with Gasteiger partial charge in [0.15, 0.2) is 5.11 Å². The lowest BCUT2D eigenvalue weighted by Crippen LogP contribution is -2.48. The van der Waals surface area contributed by atoms with Gasteiger partial charge in [-0.05, 0) is 48.1 Å². The van der Waals surface area contributed by atoms with Crippen LogP contribution in [0.1, 0.15) is 15.9 Å². The van der Waals surface area contributed by atoms with Crippen LogP contribution >= 0.6 is 47.0 Å². The number of halogens is 3. The van der Waals surface area contributed by atoms with Crippen LogP contribution in [0.3, 0.4) is 0 Å². The van der Waals surface area contributed by atoms with Crippen molar-refractivity contribution < 1.29 is 9.59 Å². The number of nitrogens with one attached hydrogen (secondary N) is 3. The predicted octanol–water partition coefficient (Wildman–Crippen LogP) is 3.53. The molecule has 0 radical (unpaired) electrons. The summed E-state index contributed by atoms with van der Waals surface area (Å²) in [5, 5.41) is 3.59. The van der Waals surface area contributed by atoms with Crippen LogP contribution in [0.25, 0.3) is 0 Å². The average molecular weight is 417 g/mol. The van der Waals surface area contributed by atoms with Crippen molar-refractivity contribution in [2.45, 2.75) is 6.42 Å². The highest BCUT2D eigenvalue weighted by Crippen LogP contribution is 2.18. The van der Waals surface area contributed by atoms with Gasteiger partial charge in [-0.25, -0.2) is 0 Å². The highest BCUT2D eigenvalue weighted by Gasteiger charge is 2.10. The molecule has 3 N–H and O–H groups in total. The van der Waals surface area contributed by atoms with E-state index in [0.717, 1.165) is 5.56 Å². The summed E-state index contributed by atoms with van der Waals surface area (Å²) in [5.74, 6) is -0.835. The summed E-state index contributed by atoms with van der Waals surface area (Å²) in [6.45, 7) is 0. The number of carbonyl (C=O) groups is 2. The van der Waals surface area contributed by atoms with E-state index in [2.05, 4.69) is 16.2 Å². The molecule has 0 bridgehead atoms. The predicted molar refractivity (Wildman–Crippen MR) is 103 cm³/mol. The van der Waals surface area contributed by atoms with E-state index in [0.29, 0.717) is 15.1 Å². The fourth-order valence-electron chi connectivity index (χ4n) is 1.85. The van der Waals surface area contributed by atoms with E-state index in [1.807, 2.05) is 0 Å². The summed E-state index contributed by atoms with van der Waals surface area (Å²) in [6.07, 6.45) is 0.130. The molecule has 0 heterocycles. The average Bonchev–Trinajstić information content (AvgIpc) is 2.54. The summed E-state index contributed by atoms with van der Waals surface area (Å²) < 4.78 is 0. The van der Waals surface area contributed by atoms with Gasteiger partial charge < -0.3 is 0 Å². The lowest BCUT2D eigenvalue weighted by Gasteiger charge is -2.11. The maximum atomic E-state index is 12.0. The van der Waals surface area contributed by atoms with Gasteiger partial charge in [0.1, 0.15) is 0 Å². The van der Waals surface area contributed by atoms with Gasteiger partial charge in [0.05, 0.1) is 6.42 Å². The van der Waals surface area contributed by atoms with Gasteiger partial charge in [0.2, 0.25) is 5.91 Å². The van der Waals surface area contributed by atoms with Crippen molar-refractivity contribution in [2.75, 3.05) is 0 Å². The molecule has 9 heteroatoms. The summed E-state index contributed by atoms with van der Waals surface area (Å²) in [5.41, 5.74) is 5.88. The smallest absolute Gasteiger partial charge is 0.257 e. The molecule has 0 atom stereocenters. The molecule has 0 aliphatic rings. The van der Waals surface area contributed by atoms with Crippen molar-refractivity contribution in [3.63, 3.8) is 0 Å². The number of carbonyl (C=O) groups excluding carboxylic acids is 2. The van der Waals surface area contributed by atoms with E-state index in [1.54, 1.807) is 24.3 Å². The molecule has 5 nitrogen and oxygen atoms in total. The van der Waals surface area contributed by atoms with Gasteiger partial charge in [-0.15, -0.1) is 0 Å². The second kappa shape index (κ2) is 9.01. The van der Waals surface area contributed by atoms with Gasteiger partial charge in [0.25, 0.3) is 5.91 Å². The molecule has 0 unspecified atom stereocenters. The van der Waals surface area contributed by atoms with E-state index in [9.17, 15) is 9.59 Å². The minimum atomic E-state index is -0.506. The Bertz CT molecular complexity index is 793. The maximum absolute atomic E-state index is 12.0. The highest BCUT2D eigenvalue weighted by atomic mass is 35.5. The molecule has 0 aliphatic heterocycles. The van der Waals surface area contributed by atoms with Crippen LogP contribution < -0.4 is 16.2 Å². The number of hydrazine groups is 1. The van der Waals surface area contributed by atoms with Crippen LogP contribution in [0.15, 0.2) is 42.5 Å². The van der Waals surface area contributed by atoms with E-state index in [4.69, 9.17) is 47.0 Å². The number of amides is 2. The van der Waals surface area contributed by atoms with Crippen molar-refractivity contribution >= 4 is 63.9 Å². The van der Waals surface area contributed by atoms with Crippen LogP contribution in [-0.2, 0) is 11.2 Å². The summed E-state index contributed by atoms with van der Waals surface area (Å²) in [6, 6.07) is 11.3. The third-order valence-electron chi connectivity index (χ3n) is 2.95. The first-order valence-corrected chi connectivity index (χ1v) is 8.48. The molecule has 0 saturated carbocycles. The quantitative estimate of drug-likeness (QED) is 0.529. The molecule has 2 amide bonds. The number of rotatable bonds is 3. The minimum absolute atomic E-state index is 0.0643. The van der Waals surface area contributed by atoms with Crippen LogP contribution in [0, 0.1) is 0 Å². The molecule has 0 aliphatic carbocycles. The minimum Gasteiger partial charge on any atom is -0.298 e. The molecule has 2 rings (SSSR count). The normalized spacial score (nSPS) is 10.0. The zero-order valence-corrected chi connectivity index (χ0v) is 15.7. The van der Waals surface area contributed by atoms with Crippen LogP contribution in [0.5, 0.6) is 0 Å². The molecule has 130 valence electrons. The Hall–Kier alpha value is -1.86. The van der Waals surface area contributed by atoms with Gasteiger partial charge >= 0.3 is 0 Å². The zero-order valence-electron chi connectivity index (χ0n) is 12.6. The van der Waals surface area contributed by atoms with Crippen molar-refractivity contribution in [1.29, 1.82) is 0 Å². The van der Waals surface area contributed by atoms with Crippen molar-refractivity contribution in [3.05, 3.63) is 68.7 Å². The molecule has 0 aromatic heterocycles. The fourth-order valence-corrected chi connectivity index (χ4v) is 2.65. The van der Waals surface area contributed by atoms with Crippen molar-refractivity contribution in [1.82, 2.24) is 16.2 Å². The molecule has 25 heavy (non-hydrogen) atoms. The van der Waals surface area contributed by atoms with E-state index < -0.39 is 5.91 Å². The highest BCUT2D eigenvalue weighted by molar-refractivity contribution is 7.80. The largest absolute Gasteiger partial charge is 0.298 e. The molecule has 0 saturated heterocycles. The molecule has 0 spiro atoms. The monoisotopic (exact) mass is 415 g/mol. The zero-order chi connectivity index (χ0) is 18.4. The Morgan fingerprint density at radius 1 is 0.880 bits per heavy atom. The molecule has 2 aromatic carbocycles. The van der Waals surface area contributed by atoms with Crippen LogP contribution in [-0.4, -0.2) is 16.9 Å². The van der Waals surface area contributed by atoms with Crippen molar-refractivity contribution in [2.24, 2.45) is 0 Å². The Morgan fingerprint density at radius 2 is 1.48 bits per heavy atom. The molecular formula is C16H12Cl3N3O2S. The van der Waals surface area contributed by atoms with Crippen LogP contribution in [0.2, 0.25) is 15.1 Å². The summed E-state index contributed by atoms with van der Waals surface area (Å²) in [7, 11) is 0. The van der Waals surface area contributed by atoms with Gasteiger partial charge in [0, 0.05) is 20.6 Å². The number of hydrogen-bond donors (Lipinski definition) is 3. The third kappa shape index (κ3) is 6.51. The maximum Gasteiger partial charge on any atom is 0.257 e. The Balaban J connectivity index is 1.82. The number of hydrogen-bond acceptors (Lipinski definition) is 3. The first kappa shape index (κ1) is 19.5. The van der Waals surface area contributed by atoms with Gasteiger partial charge in [-0.3, -0.25) is 25.8 Å². The second-order valence-electron chi connectivity index (χ2n) is 4.92. The van der Waals surface area contributed by atoms with E-state index >= 15 is 0 Å². The van der Waals surface area contributed by atoms with E-state index in [-0.39, 0.29) is 23.0 Å². The standard InChI is InChI=1S/C16H12Cl3N3O2S/c17-11-3-1-9(2-4-11)5-14(23)21-22-16(25)20-15(24)10-6-12(18)8-13(19)7-10/h1-4,6-8H,5H2,(H,21,23)(H2,20,22,24,25). The first-order chi connectivity index (χ1) is 11.8. The third-order valence-corrected chi connectivity index (χ3v) is 3.84. The molecular weight excluding hydrogens is 405 g/mol. The summed E-state index contributed by atoms with van der Waals surface area (Å²) in [4.78, 5) is 23.9. The van der Waals surface area contributed by atoms with Gasteiger partial charge in [-0.1, -0.05) is 46.9 Å². The number of thiocarbonyl (C=S) groups is 1. The SMILES string of the molecule is O=C(Cc1ccc(Cl)cc1)NNC(=S)NC(=O)c1cc(Cl)cc(Cl)c1. The van der Waals surface area contributed by atoms with Gasteiger partial charge in [-0.2, -0.15) is 0 Å². The fraction of sp³-hybridized carbons (Fsp3) is 0.0625. The molecule has 2 aromatic rings. The topological polar surface area (TPSA) is 70.2 Å². The summed E-state index contributed by atoms with van der Waals surface area (Å²) >= 11 is 22.4. The van der Waals surface area contributed by atoms with Crippen LogP contribution in [0.4, 0.5) is 0 Å². The lowest BCUT2D eigenvalue weighted by atomic mass is 10.1.